The number of piperidine rings is 1. The van der Waals surface area contributed by atoms with Crippen LogP contribution in [0.1, 0.15) is 41.1 Å². The van der Waals surface area contributed by atoms with Crippen molar-refractivity contribution < 1.29 is 9.59 Å². The van der Waals surface area contributed by atoms with E-state index in [1.165, 1.54) is 5.56 Å². The number of nitrogens with one attached hydrogen (secondary N) is 1. The van der Waals surface area contributed by atoms with Gasteiger partial charge in [0.25, 0.3) is 5.91 Å². The van der Waals surface area contributed by atoms with Crippen LogP contribution < -0.4 is 10.2 Å². The van der Waals surface area contributed by atoms with E-state index in [2.05, 4.69) is 32.5 Å². The average Bonchev–Trinajstić information content (AvgIpc) is 3.58. The molecule has 2 fully saturated rings. The van der Waals surface area contributed by atoms with E-state index in [9.17, 15) is 9.59 Å². The number of carbonyl (C=O) groups excluding carboxylic acids is 2. The van der Waals surface area contributed by atoms with E-state index in [0.29, 0.717) is 12.5 Å². The van der Waals surface area contributed by atoms with Gasteiger partial charge in [-0.1, -0.05) is 12.1 Å². The van der Waals surface area contributed by atoms with Crippen LogP contribution in [0.3, 0.4) is 0 Å². The number of likely N-dealkylation sites (tertiary alicyclic amines) is 1. The molecule has 0 bridgehead atoms. The van der Waals surface area contributed by atoms with E-state index in [4.69, 9.17) is 0 Å². The molecule has 2 amide bonds. The Morgan fingerprint density at radius 2 is 1.82 bits per heavy atom. The molecule has 8 heteroatoms. The Morgan fingerprint density at radius 3 is 2.52 bits per heavy atom. The van der Waals surface area contributed by atoms with E-state index >= 15 is 0 Å². The Balaban J connectivity index is 1.12. The maximum atomic E-state index is 12.8. The molecule has 2 saturated heterocycles. The Bertz CT molecular complexity index is 1080. The zero-order valence-corrected chi connectivity index (χ0v) is 19.2. The number of hydrogen-bond donors (Lipinski definition) is 1. The fourth-order valence-corrected chi connectivity index (χ4v) is 5.34. The smallest absolute Gasteiger partial charge is 0.254 e. The highest BCUT2D eigenvalue weighted by atomic mass is 32.1. The van der Waals surface area contributed by atoms with Crippen molar-refractivity contribution in [1.29, 1.82) is 0 Å². The minimum Gasteiger partial charge on any atom is -0.354 e. The Morgan fingerprint density at radius 1 is 1.00 bits per heavy atom. The van der Waals surface area contributed by atoms with Gasteiger partial charge in [-0.05, 0) is 66.5 Å². The molecular weight excluding hydrogens is 434 g/mol. The molecule has 2 aliphatic rings. The second-order valence-corrected chi connectivity index (χ2v) is 9.48. The van der Waals surface area contributed by atoms with Gasteiger partial charge < -0.3 is 15.1 Å². The lowest BCUT2D eigenvalue weighted by Gasteiger charge is -2.32. The van der Waals surface area contributed by atoms with E-state index in [1.54, 1.807) is 17.5 Å². The Kier molecular flexibility index (Phi) is 6.35. The molecule has 3 aromatic rings. The summed E-state index contributed by atoms with van der Waals surface area (Å²) in [6, 6.07) is 13.9. The number of amides is 2. The standard InChI is InChI=1S/C25H27N5O2S/c31-24(20-9-14-30(16-20)23-2-1-11-26-28-23)27-22-5-3-18(4-6-22)19-7-12-29(13-8-19)25(32)21-10-15-33-17-21/h1-6,10-11,15,17,19-20H,7-9,12-14,16H2,(H,27,31)/t20-/m0/s1. The van der Waals surface area contributed by atoms with Gasteiger partial charge in [0.05, 0.1) is 11.5 Å². The molecule has 33 heavy (non-hydrogen) atoms. The maximum absolute atomic E-state index is 12.8. The predicted molar refractivity (Wildman–Crippen MR) is 130 cm³/mol. The minimum atomic E-state index is -0.0585. The van der Waals surface area contributed by atoms with E-state index < -0.39 is 0 Å². The molecule has 2 aliphatic heterocycles. The van der Waals surface area contributed by atoms with Gasteiger partial charge in [-0.3, -0.25) is 9.59 Å². The first-order chi connectivity index (χ1) is 16.2. The van der Waals surface area contributed by atoms with Crippen molar-refractivity contribution in [3.63, 3.8) is 0 Å². The van der Waals surface area contributed by atoms with Crippen LogP contribution in [0.4, 0.5) is 11.5 Å². The third-order valence-electron chi connectivity index (χ3n) is 6.64. The molecule has 0 saturated carbocycles. The lowest BCUT2D eigenvalue weighted by Crippen LogP contribution is -2.37. The van der Waals surface area contributed by atoms with Crippen molar-refractivity contribution in [2.45, 2.75) is 25.2 Å². The van der Waals surface area contributed by atoms with E-state index in [0.717, 1.165) is 56.0 Å². The fourth-order valence-electron chi connectivity index (χ4n) is 4.71. The molecule has 0 unspecified atom stereocenters. The topological polar surface area (TPSA) is 78.4 Å². The fraction of sp³-hybridized carbons (Fsp3) is 0.360. The monoisotopic (exact) mass is 461 g/mol. The SMILES string of the molecule is O=C(Nc1ccc(C2CCN(C(=O)c3ccsc3)CC2)cc1)[C@H]1CCN(c2cccnn2)C1. The lowest BCUT2D eigenvalue weighted by atomic mass is 9.89. The van der Waals surface area contributed by atoms with Crippen molar-refractivity contribution in [3.05, 3.63) is 70.5 Å². The van der Waals surface area contributed by atoms with E-state index in [-0.39, 0.29) is 17.7 Å². The zero-order chi connectivity index (χ0) is 22.6. The molecule has 0 aliphatic carbocycles. The molecule has 1 N–H and O–H groups in total. The summed E-state index contributed by atoms with van der Waals surface area (Å²) in [7, 11) is 0. The molecule has 1 atom stereocenters. The lowest BCUT2D eigenvalue weighted by molar-refractivity contribution is -0.119. The van der Waals surface area contributed by atoms with E-state index in [1.807, 2.05) is 46.0 Å². The molecule has 5 rings (SSSR count). The van der Waals surface area contributed by atoms with Gasteiger partial charge in [-0.25, -0.2) is 0 Å². The van der Waals surface area contributed by atoms with Crippen LogP contribution in [-0.4, -0.2) is 53.1 Å². The number of hydrogen-bond acceptors (Lipinski definition) is 6. The van der Waals surface area contributed by atoms with Gasteiger partial charge in [0.15, 0.2) is 5.82 Å². The summed E-state index contributed by atoms with van der Waals surface area (Å²) >= 11 is 1.56. The summed E-state index contributed by atoms with van der Waals surface area (Å²) in [5.41, 5.74) is 2.89. The molecular formula is C25H27N5O2S. The van der Waals surface area contributed by atoms with Crippen molar-refractivity contribution in [2.75, 3.05) is 36.4 Å². The largest absolute Gasteiger partial charge is 0.354 e. The number of anilines is 2. The first-order valence-corrected chi connectivity index (χ1v) is 12.4. The third kappa shape index (κ3) is 4.90. The number of aromatic nitrogens is 2. The second kappa shape index (κ2) is 9.70. The number of rotatable bonds is 5. The van der Waals surface area contributed by atoms with Crippen LogP contribution in [0, 0.1) is 5.92 Å². The van der Waals surface area contributed by atoms with Crippen LogP contribution >= 0.6 is 11.3 Å². The summed E-state index contributed by atoms with van der Waals surface area (Å²) in [6.07, 6.45) is 4.38. The molecule has 1 aromatic carbocycles. The molecule has 170 valence electrons. The zero-order valence-electron chi connectivity index (χ0n) is 18.4. The summed E-state index contributed by atoms with van der Waals surface area (Å²) in [5.74, 6) is 1.39. The van der Waals surface area contributed by atoms with Crippen molar-refractivity contribution >= 4 is 34.7 Å². The molecule has 2 aromatic heterocycles. The number of nitrogens with zero attached hydrogens (tertiary/aromatic N) is 4. The maximum Gasteiger partial charge on any atom is 0.254 e. The van der Waals surface area contributed by atoms with Crippen LogP contribution in [0.15, 0.2) is 59.4 Å². The van der Waals surface area contributed by atoms with Gasteiger partial charge >= 0.3 is 0 Å². The first kappa shape index (κ1) is 21.6. The molecule has 4 heterocycles. The Hall–Kier alpha value is -3.26. The van der Waals surface area contributed by atoms with Crippen LogP contribution in [0.2, 0.25) is 0 Å². The number of carbonyl (C=O) groups is 2. The minimum absolute atomic E-state index is 0.0504. The summed E-state index contributed by atoms with van der Waals surface area (Å²) in [6.45, 7) is 3.03. The number of benzene rings is 1. The average molecular weight is 462 g/mol. The van der Waals surface area contributed by atoms with Crippen molar-refractivity contribution in [3.8, 4) is 0 Å². The molecule has 0 spiro atoms. The summed E-state index contributed by atoms with van der Waals surface area (Å²) < 4.78 is 0. The van der Waals surface area contributed by atoms with Gasteiger partial charge in [0.2, 0.25) is 5.91 Å². The van der Waals surface area contributed by atoms with Crippen molar-refractivity contribution in [1.82, 2.24) is 15.1 Å². The molecule has 7 nitrogen and oxygen atoms in total. The highest BCUT2D eigenvalue weighted by Crippen LogP contribution is 2.30. The summed E-state index contributed by atoms with van der Waals surface area (Å²) in [5, 5.41) is 15.0. The van der Waals surface area contributed by atoms with Gasteiger partial charge in [0.1, 0.15) is 0 Å². The Labute approximate surface area is 197 Å². The first-order valence-electron chi connectivity index (χ1n) is 11.4. The quantitative estimate of drug-likeness (QED) is 0.621. The third-order valence-corrected chi connectivity index (χ3v) is 7.32. The van der Waals surface area contributed by atoms with Gasteiger partial charge in [0, 0.05) is 43.4 Å². The highest BCUT2D eigenvalue weighted by Gasteiger charge is 2.29. The summed E-state index contributed by atoms with van der Waals surface area (Å²) in [4.78, 5) is 29.4. The van der Waals surface area contributed by atoms with Crippen LogP contribution in [0.5, 0.6) is 0 Å². The normalized spacial score (nSPS) is 19.0. The molecule has 0 radical (unpaired) electrons. The second-order valence-electron chi connectivity index (χ2n) is 8.70. The number of thiophene rings is 1. The van der Waals surface area contributed by atoms with Crippen LogP contribution in [0.25, 0.3) is 0 Å². The van der Waals surface area contributed by atoms with Crippen LogP contribution in [-0.2, 0) is 4.79 Å². The van der Waals surface area contributed by atoms with Gasteiger partial charge in [-0.15, -0.1) is 5.10 Å². The highest BCUT2D eigenvalue weighted by molar-refractivity contribution is 7.08. The predicted octanol–water partition coefficient (Wildman–Crippen LogP) is 4.02. The van der Waals surface area contributed by atoms with Crippen molar-refractivity contribution in [2.24, 2.45) is 5.92 Å². The van der Waals surface area contributed by atoms with Gasteiger partial charge in [-0.2, -0.15) is 16.4 Å².